The molecule has 0 aliphatic heterocycles. The number of halogens is 2. The maximum atomic E-state index is 13.5. The zero-order chi connectivity index (χ0) is 15.6. The van der Waals surface area contributed by atoms with Crippen LogP contribution in [0, 0.1) is 0 Å². The van der Waals surface area contributed by atoms with Crippen LogP contribution in [-0.2, 0) is 4.74 Å². The monoisotopic (exact) mass is 312 g/mol. The van der Waals surface area contributed by atoms with Gasteiger partial charge in [-0.3, -0.25) is 0 Å². The highest BCUT2D eigenvalue weighted by Crippen LogP contribution is 2.11. The molecule has 0 unspecified atom stereocenters. The molecule has 0 aromatic carbocycles. The number of hydrogen-bond donors (Lipinski definition) is 2. The largest absolute Gasteiger partial charge is 0.444 e. The average molecular weight is 312 g/mol. The molecular weight excluding hydrogens is 286 g/mol. The molecule has 20 heavy (non-hydrogen) atoms. The van der Waals surface area contributed by atoms with E-state index in [0.29, 0.717) is 6.54 Å². The van der Waals surface area contributed by atoms with Crippen LogP contribution in [0.1, 0.15) is 34.1 Å². The zero-order valence-corrected chi connectivity index (χ0v) is 13.5. The van der Waals surface area contributed by atoms with E-state index < -0.39 is 30.7 Å². The fraction of sp³-hybridized carbons (Fsp3) is 0.923. The molecule has 0 rings (SSSR count). The molecule has 0 fully saturated rings. The van der Waals surface area contributed by atoms with Gasteiger partial charge >= 0.3 is 6.09 Å². The number of alkyl carbamates (subject to hydrolysis) is 1. The SMILES string of the molecule is CCSCCCNCC(F)(F)CNC(=O)OC(C)(C)C. The predicted octanol–water partition coefficient (Wildman–Crippen LogP) is 2.88. The quantitative estimate of drug-likeness (QED) is 0.643. The lowest BCUT2D eigenvalue weighted by atomic mass is 10.2. The molecule has 0 aliphatic rings. The number of alkyl halides is 2. The van der Waals surface area contributed by atoms with Crippen LogP contribution in [0.25, 0.3) is 0 Å². The summed E-state index contributed by atoms with van der Waals surface area (Å²) >= 11 is 1.78. The Morgan fingerprint density at radius 2 is 1.90 bits per heavy atom. The van der Waals surface area contributed by atoms with Crippen LogP contribution in [-0.4, -0.2) is 48.8 Å². The van der Waals surface area contributed by atoms with Crippen molar-refractivity contribution >= 4 is 17.9 Å². The van der Waals surface area contributed by atoms with E-state index in [1.165, 1.54) is 0 Å². The second kappa shape index (κ2) is 9.39. The Bertz CT molecular complexity index is 284. The molecule has 0 spiro atoms. The first-order valence-electron chi connectivity index (χ1n) is 6.79. The third-order valence-electron chi connectivity index (χ3n) is 2.12. The highest BCUT2D eigenvalue weighted by molar-refractivity contribution is 7.99. The highest BCUT2D eigenvalue weighted by atomic mass is 32.2. The summed E-state index contributed by atoms with van der Waals surface area (Å²) < 4.78 is 31.8. The molecule has 0 aromatic rings. The molecule has 0 saturated carbocycles. The van der Waals surface area contributed by atoms with Gasteiger partial charge < -0.3 is 15.4 Å². The molecule has 0 aliphatic carbocycles. The second-order valence-electron chi connectivity index (χ2n) is 5.44. The van der Waals surface area contributed by atoms with Crippen LogP contribution in [0.4, 0.5) is 13.6 Å². The van der Waals surface area contributed by atoms with Gasteiger partial charge in [0.05, 0.1) is 13.1 Å². The molecule has 7 heteroatoms. The number of hydrogen-bond acceptors (Lipinski definition) is 4. The van der Waals surface area contributed by atoms with Crippen LogP contribution >= 0.6 is 11.8 Å². The molecule has 0 aromatic heterocycles. The summed E-state index contributed by atoms with van der Waals surface area (Å²) in [5.74, 6) is -0.976. The van der Waals surface area contributed by atoms with Crippen molar-refractivity contribution in [3.63, 3.8) is 0 Å². The third-order valence-corrected chi connectivity index (χ3v) is 3.11. The lowest BCUT2D eigenvalue weighted by Gasteiger charge is -2.22. The molecule has 2 N–H and O–H groups in total. The summed E-state index contributed by atoms with van der Waals surface area (Å²) in [6, 6.07) is 0. The standard InChI is InChI=1S/C13H26F2N2O2S/c1-5-20-8-6-7-16-9-13(14,15)10-17-11(18)19-12(2,3)4/h16H,5-10H2,1-4H3,(H,17,18). The number of carbonyl (C=O) groups is 1. The number of nitrogens with one attached hydrogen (secondary N) is 2. The van der Waals surface area contributed by atoms with Gasteiger partial charge in [0, 0.05) is 0 Å². The summed E-state index contributed by atoms with van der Waals surface area (Å²) in [5, 5.41) is 4.79. The zero-order valence-electron chi connectivity index (χ0n) is 12.7. The first kappa shape index (κ1) is 19.4. The topological polar surface area (TPSA) is 50.4 Å². The normalized spacial score (nSPS) is 12.3. The van der Waals surface area contributed by atoms with E-state index in [1.807, 2.05) is 0 Å². The Kier molecular flexibility index (Phi) is 9.13. The fourth-order valence-corrected chi connectivity index (χ4v) is 1.93. The van der Waals surface area contributed by atoms with E-state index in [4.69, 9.17) is 4.74 Å². The Morgan fingerprint density at radius 3 is 2.45 bits per heavy atom. The summed E-state index contributed by atoms with van der Waals surface area (Å²) in [5.41, 5.74) is -0.686. The van der Waals surface area contributed by atoms with Gasteiger partial charge in [0.25, 0.3) is 5.92 Å². The van der Waals surface area contributed by atoms with Crippen molar-refractivity contribution in [1.82, 2.24) is 10.6 Å². The van der Waals surface area contributed by atoms with Gasteiger partial charge in [0.1, 0.15) is 5.60 Å². The Balaban J connectivity index is 3.76. The van der Waals surface area contributed by atoms with E-state index in [-0.39, 0.29) is 0 Å². The molecule has 0 atom stereocenters. The fourth-order valence-electron chi connectivity index (χ4n) is 1.29. The number of amides is 1. The Morgan fingerprint density at radius 1 is 1.25 bits per heavy atom. The van der Waals surface area contributed by atoms with Crippen LogP contribution in [0.15, 0.2) is 0 Å². The first-order valence-corrected chi connectivity index (χ1v) is 7.95. The van der Waals surface area contributed by atoms with Gasteiger partial charge in [-0.1, -0.05) is 6.92 Å². The maximum Gasteiger partial charge on any atom is 0.407 e. The van der Waals surface area contributed by atoms with Crippen molar-refractivity contribution in [2.45, 2.75) is 45.6 Å². The van der Waals surface area contributed by atoms with Crippen molar-refractivity contribution in [3.05, 3.63) is 0 Å². The van der Waals surface area contributed by atoms with Crippen molar-refractivity contribution in [1.29, 1.82) is 0 Å². The Labute approximate surface area is 124 Å². The highest BCUT2D eigenvalue weighted by Gasteiger charge is 2.29. The minimum atomic E-state index is -2.98. The molecule has 0 heterocycles. The smallest absolute Gasteiger partial charge is 0.407 e. The summed E-state index contributed by atoms with van der Waals surface area (Å²) in [6.45, 7) is 6.49. The van der Waals surface area contributed by atoms with E-state index in [2.05, 4.69) is 17.6 Å². The van der Waals surface area contributed by atoms with Crippen LogP contribution in [0.3, 0.4) is 0 Å². The number of rotatable bonds is 9. The van der Waals surface area contributed by atoms with Crippen molar-refractivity contribution in [3.8, 4) is 0 Å². The van der Waals surface area contributed by atoms with Crippen molar-refractivity contribution < 1.29 is 18.3 Å². The molecule has 4 nitrogen and oxygen atoms in total. The van der Waals surface area contributed by atoms with Gasteiger partial charge in [-0.15, -0.1) is 0 Å². The summed E-state index contributed by atoms with van der Waals surface area (Å²) in [7, 11) is 0. The molecular formula is C13H26F2N2O2S. The van der Waals surface area contributed by atoms with Crippen LogP contribution in [0.2, 0.25) is 0 Å². The lowest BCUT2D eigenvalue weighted by molar-refractivity contribution is -0.00333. The van der Waals surface area contributed by atoms with E-state index in [0.717, 1.165) is 17.9 Å². The predicted molar refractivity (Wildman–Crippen MR) is 79.7 cm³/mol. The minimum Gasteiger partial charge on any atom is -0.444 e. The maximum absolute atomic E-state index is 13.5. The minimum absolute atomic E-state index is 0.445. The molecule has 0 bridgehead atoms. The Hall–Kier alpha value is -0.560. The van der Waals surface area contributed by atoms with Crippen LogP contribution < -0.4 is 10.6 Å². The molecule has 0 saturated heterocycles. The van der Waals surface area contributed by atoms with Crippen molar-refractivity contribution in [2.75, 3.05) is 31.1 Å². The lowest BCUT2D eigenvalue weighted by Crippen LogP contribution is -2.45. The molecule has 120 valence electrons. The first-order chi connectivity index (χ1) is 9.16. The summed E-state index contributed by atoms with van der Waals surface area (Å²) in [4.78, 5) is 11.3. The van der Waals surface area contributed by atoms with E-state index >= 15 is 0 Å². The average Bonchev–Trinajstić information content (AvgIpc) is 2.29. The van der Waals surface area contributed by atoms with Gasteiger partial charge in [-0.2, -0.15) is 11.8 Å². The summed E-state index contributed by atoms with van der Waals surface area (Å²) in [6.07, 6.45) is 0.0326. The van der Waals surface area contributed by atoms with Crippen molar-refractivity contribution in [2.24, 2.45) is 0 Å². The number of carbonyl (C=O) groups excluding carboxylic acids is 1. The van der Waals surface area contributed by atoms with Gasteiger partial charge in [-0.05, 0) is 45.2 Å². The van der Waals surface area contributed by atoms with E-state index in [9.17, 15) is 13.6 Å². The number of thioether (sulfide) groups is 1. The third kappa shape index (κ3) is 12.5. The molecule has 1 amide bonds. The van der Waals surface area contributed by atoms with Crippen LogP contribution in [0.5, 0.6) is 0 Å². The second-order valence-corrected chi connectivity index (χ2v) is 6.83. The van der Waals surface area contributed by atoms with Gasteiger partial charge in [0.2, 0.25) is 0 Å². The van der Waals surface area contributed by atoms with E-state index in [1.54, 1.807) is 32.5 Å². The van der Waals surface area contributed by atoms with Gasteiger partial charge in [0.15, 0.2) is 0 Å². The number of ether oxygens (including phenoxy) is 1. The van der Waals surface area contributed by atoms with Gasteiger partial charge in [-0.25, -0.2) is 13.6 Å². The molecule has 0 radical (unpaired) electrons.